The Morgan fingerprint density at radius 1 is 1.00 bits per heavy atom. The second-order valence-electron chi connectivity index (χ2n) is 4.74. The van der Waals surface area contributed by atoms with Crippen molar-refractivity contribution in [3.05, 3.63) is 47.7 Å². The van der Waals surface area contributed by atoms with E-state index in [1.807, 2.05) is 18.2 Å². The molecule has 1 aromatic carbocycles. The average Bonchev–Trinajstić information content (AvgIpc) is 3.03. The molecule has 1 fully saturated rings. The van der Waals surface area contributed by atoms with Crippen molar-refractivity contribution in [2.75, 3.05) is 13.1 Å². The SMILES string of the molecule is c1ccc(Cc2nnc(CN3CCCC3)o2)cc1. The van der Waals surface area contributed by atoms with E-state index in [0.29, 0.717) is 12.3 Å². The number of likely N-dealkylation sites (tertiary alicyclic amines) is 1. The number of benzene rings is 1. The second kappa shape index (κ2) is 5.31. The van der Waals surface area contributed by atoms with Crippen LogP contribution in [0.5, 0.6) is 0 Å². The Hall–Kier alpha value is -1.68. The number of nitrogens with zero attached hydrogens (tertiary/aromatic N) is 3. The van der Waals surface area contributed by atoms with Crippen LogP contribution in [0, 0.1) is 0 Å². The molecule has 2 heterocycles. The van der Waals surface area contributed by atoms with Crippen LogP contribution in [0.25, 0.3) is 0 Å². The summed E-state index contributed by atoms with van der Waals surface area (Å²) in [5.74, 6) is 1.44. The van der Waals surface area contributed by atoms with Crippen molar-refractivity contribution < 1.29 is 4.42 Å². The molecule has 3 rings (SSSR count). The summed E-state index contributed by atoms with van der Waals surface area (Å²) in [6.45, 7) is 3.09. The normalized spacial score (nSPS) is 16.2. The van der Waals surface area contributed by atoms with Crippen LogP contribution in [-0.2, 0) is 13.0 Å². The van der Waals surface area contributed by atoms with Crippen molar-refractivity contribution >= 4 is 0 Å². The summed E-state index contributed by atoms with van der Waals surface area (Å²) in [6.07, 6.45) is 3.28. The molecule has 0 radical (unpaired) electrons. The van der Waals surface area contributed by atoms with Gasteiger partial charge in [-0.2, -0.15) is 0 Å². The molecule has 0 N–H and O–H groups in total. The van der Waals surface area contributed by atoms with Crippen LogP contribution in [0.4, 0.5) is 0 Å². The standard InChI is InChI=1S/C14H17N3O/c1-2-6-12(7-3-1)10-13-15-16-14(18-13)11-17-8-4-5-9-17/h1-3,6-7H,4-5,8-11H2. The number of rotatable bonds is 4. The third-order valence-corrected chi connectivity index (χ3v) is 3.26. The molecule has 18 heavy (non-hydrogen) atoms. The summed E-state index contributed by atoms with van der Waals surface area (Å²) in [5.41, 5.74) is 1.20. The van der Waals surface area contributed by atoms with Gasteiger partial charge in [-0.15, -0.1) is 10.2 Å². The number of aromatic nitrogens is 2. The van der Waals surface area contributed by atoms with Gasteiger partial charge in [-0.05, 0) is 31.5 Å². The monoisotopic (exact) mass is 243 g/mol. The van der Waals surface area contributed by atoms with Crippen molar-refractivity contribution in [3.63, 3.8) is 0 Å². The van der Waals surface area contributed by atoms with Crippen LogP contribution in [0.1, 0.15) is 30.2 Å². The van der Waals surface area contributed by atoms with E-state index in [9.17, 15) is 0 Å². The zero-order valence-electron chi connectivity index (χ0n) is 10.4. The predicted molar refractivity (Wildman–Crippen MR) is 68.1 cm³/mol. The molecule has 2 aromatic rings. The van der Waals surface area contributed by atoms with Crippen molar-refractivity contribution in [3.8, 4) is 0 Å². The highest BCUT2D eigenvalue weighted by Crippen LogP contribution is 2.13. The molecule has 1 saturated heterocycles. The topological polar surface area (TPSA) is 42.2 Å². The predicted octanol–water partition coefficient (Wildman–Crippen LogP) is 2.26. The summed E-state index contributed by atoms with van der Waals surface area (Å²) in [4.78, 5) is 2.36. The first kappa shape index (κ1) is 11.4. The Morgan fingerprint density at radius 3 is 2.50 bits per heavy atom. The fourth-order valence-electron chi connectivity index (χ4n) is 2.33. The lowest BCUT2D eigenvalue weighted by molar-refractivity contribution is 0.287. The maximum absolute atomic E-state index is 5.69. The van der Waals surface area contributed by atoms with Gasteiger partial charge in [0.2, 0.25) is 11.8 Å². The van der Waals surface area contributed by atoms with E-state index in [2.05, 4.69) is 27.2 Å². The van der Waals surface area contributed by atoms with Gasteiger partial charge in [0.25, 0.3) is 0 Å². The van der Waals surface area contributed by atoms with Crippen LogP contribution >= 0.6 is 0 Å². The maximum Gasteiger partial charge on any atom is 0.230 e. The zero-order valence-corrected chi connectivity index (χ0v) is 10.4. The van der Waals surface area contributed by atoms with Gasteiger partial charge in [0.05, 0.1) is 13.0 Å². The number of hydrogen-bond acceptors (Lipinski definition) is 4. The van der Waals surface area contributed by atoms with Gasteiger partial charge >= 0.3 is 0 Å². The van der Waals surface area contributed by atoms with Crippen molar-refractivity contribution in [2.24, 2.45) is 0 Å². The van der Waals surface area contributed by atoms with Gasteiger partial charge in [0, 0.05) is 0 Å². The van der Waals surface area contributed by atoms with E-state index in [1.54, 1.807) is 0 Å². The van der Waals surface area contributed by atoms with Crippen LogP contribution in [0.2, 0.25) is 0 Å². The van der Waals surface area contributed by atoms with Crippen molar-refractivity contribution in [2.45, 2.75) is 25.8 Å². The highest BCUT2D eigenvalue weighted by molar-refractivity contribution is 5.17. The summed E-state index contributed by atoms with van der Waals surface area (Å²) in [6, 6.07) is 10.2. The zero-order chi connectivity index (χ0) is 12.2. The van der Waals surface area contributed by atoms with Crippen LogP contribution in [0.3, 0.4) is 0 Å². The summed E-state index contributed by atoms with van der Waals surface area (Å²) < 4.78 is 5.69. The van der Waals surface area contributed by atoms with E-state index in [1.165, 1.54) is 18.4 Å². The molecular weight excluding hydrogens is 226 g/mol. The quantitative estimate of drug-likeness (QED) is 0.826. The van der Waals surface area contributed by atoms with Crippen molar-refractivity contribution in [1.82, 2.24) is 15.1 Å². The van der Waals surface area contributed by atoms with E-state index in [-0.39, 0.29) is 0 Å². The minimum atomic E-state index is 0.704. The molecule has 0 saturated carbocycles. The lowest BCUT2D eigenvalue weighted by atomic mass is 10.2. The van der Waals surface area contributed by atoms with Gasteiger partial charge in [0.1, 0.15) is 0 Å². The summed E-state index contributed by atoms with van der Waals surface area (Å²) in [5, 5.41) is 8.23. The van der Waals surface area contributed by atoms with Crippen LogP contribution in [-0.4, -0.2) is 28.2 Å². The van der Waals surface area contributed by atoms with Gasteiger partial charge in [-0.1, -0.05) is 30.3 Å². The van der Waals surface area contributed by atoms with E-state index >= 15 is 0 Å². The summed E-state index contributed by atoms with van der Waals surface area (Å²) in [7, 11) is 0. The van der Waals surface area contributed by atoms with Gasteiger partial charge < -0.3 is 4.42 Å². The molecule has 0 bridgehead atoms. The third-order valence-electron chi connectivity index (χ3n) is 3.26. The Bertz CT molecular complexity index is 489. The fourth-order valence-corrected chi connectivity index (χ4v) is 2.33. The largest absolute Gasteiger partial charge is 0.424 e. The second-order valence-corrected chi connectivity index (χ2v) is 4.74. The Morgan fingerprint density at radius 2 is 1.72 bits per heavy atom. The Balaban J connectivity index is 1.62. The highest BCUT2D eigenvalue weighted by Gasteiger charge is 2.15. The molecule has 0 aliphatic carbocycles. The molecule has 0 unspecified atom stereocenters. The summed E-state index contributed by atoms with van der Waals surface area (Å²) >= 11 is 0. The minimum absolute atomic E-state index is 0.704. The molecule has 4 heteroatoms. The molecule has 0 amide bonds. The first-order valence-electron chi connectivity index (χ1n) is 6.48. The van der Waals surface area contributed by atoms with Gasteiger partial charge in [-0.3, -0.25) is 4.90 Å². The van der Waals surface area contributed by atoms with Crippen molar-refractivity contribution in [1.29, 1.82) is 0 Å². The molecular formula is C14H17N3O. The fraction of sp³-hybridized carbons (Fsp3) is 0.429. The minimum Gasteiger partial charge on any atom is -0.424 e. The molecule has 1 aliphatic heterocycles. The van der Waals surface area contributed by atoms with E-state index in [4.69, 9.17) is 4.42 Å². The number of hydrogen-bond donors (Lipinski definition) is 0. The molecule has 0 spiro atoms. The lowest BCUT2D eigenvalue weighted by Crippen LogP contribution is -2.18. The maximum atomic E-state index is 5.69. The molecule has 94 valence electrons. The first-order valence-corrected chi connectivity index (χ1v) is 6.48. The molecule has 4 nitrogen and oxygen atoms in total. The highest BCUT2D eigenvalue weighted by atomic mass is 16.4. The molecule has 0 atom stereocenters. The lowest BCUT2D eigenvalue weighted by Gasteiger charge is -2.10. The first-order chi connectivity index (χ1) is 8.90. The molecule has 1 aromatic heterocycles. The van der Waals surface area contributed by atoms with E-state index < -0.39 is 0 Å². The van der Waals surface area contributed by atoms with E-state index in [0.717, 1.165) is 25.5 Å². The van der Waals surface area contributed by atoms with Crippen LogP contribution < -0.4 is 0 Å². The Kier molecular flexibility index (Phi) is 3.37. The van der Waals surface area contributed by atoms with Gasteiger partial charge in [-0.25, -0.2) is 0 Å². The smallest absolute Gasteiger partial charge is 0.230 e. The van der Waals surface area contributed by atoms with Gasteiger partial charge in [0.15, 0.2) is 0 Å². The third kappa shape index (κ3) is 2.76. The van der Waals surface area contributed by atoms with Crippen LogP contribution in [0.15, 0.2) is 34.7 Å². The Labute approximate surface area is 107 Å². The molecule has 1 aliphatic rings. The average molecular weight is 243 g/mol.